The SMILES string of the molecule is O=C1CN(C(=O)Cc2ccncc2)Cc2ccccc2N1. The van der Waals surface area contributed by atoms with Crippen LogP contribution in [0.4, 0.5) is 5.69 Å². The quantitative estimate of drug-likeness (QED) is 0.909. The largest absolute Gasteiger partial charge is 0.329 e. The Kier molecular flexibility index (Phi) is 3.64. The van der Waals surface area contributed by atoms with Gasteiger partial charge in [-0.25, -0.2) is 0 Å². The summed E-state index contributed by atoms with van der Waals surface area (Å²) in [5.74, 6) is -0.226. The number of benzene rings is 1. The van der Waals surface area contributed by atoms with E-state index in [2.05, 4.69) is 10.3 Å². The van der Waals surface area contributed by atoms with Gasteiger partial charge in [-0.3, -0.25) is 14.6 Å². The predicted molar refractivity (Wildman–Crippen MR) is 78.4 cm³/mol. The van der Waals surface area contributed by atoms with Gasteiger partial charge in [0.2, 0.25) is 11.8 Å². The molecule has 0 aliphatic carbocycles. The summed E-state index contributed by atoms with van der Waals surface area (Å²) in [6.07, 6.45) is 3.60. The third-order valence-electron chi connectivity index (χ3n) is 3.44. The van der Waals surface area contributed by atoms with Crippen molar-refractivity contribution in [2.24, 2.45) is 0 Å². The lowest BCUT2D eigenvalue weighted by atomic mass is 10.1. The van der Waals surface area contributed by atoms with Crippen LogP contribution in [0, 0.1) is 0 Å². The van der Waals surface area contributed by atoms with Crippen molar-refractivity contribution >= 4 is 17.5 Å². The molecule has 0 fully saturated rings. The number of carbonyl (C=O) groups is 2. The molecule has 2 aromatic rings. The Morgan fingerprint density at radius 3 is 2.71 bits per heavy atom. The number of anilines is 1. The first kappa shape index (κ1) is 13.3. The zero-order valence-corrected chi connectivity index (χ0v) is 11.5. The molecule has 0 saturated heterocycles. The summed E-state index contributed by atoms with van der Waals surface area (Å²) in [6.45, 7) is 0.525. The summed E-state index contributed by atoms with van der Waals surface area (Å²) in [4.78, 5) is 29.8. The van der Waals surface area contributed by atoms with Crippen LogP contribution in [0.25, 0.3) is 0 Å². The Bertz CT molecular complexity index is 670. The Hall–Kier alpha value is -2.69. The highest BCUT2D eigenvalue weighted by Gasteiger charge is 2.22. The van der Waals surface area contributed by atoms with Crippen molar-refractivity contribution in [2.45, 2.75) is 13.0 Å². The summed E-state index contributed by atoms with van der Waals surface area (Å²) in [7, 11) is 0. The Morgan fingerprint density at radius 2 is 1.90 bits per heavy atom. The smallest absolute Gasteiger partial charge is 0.244 e. The fourth-order valence-corrected chi connectivity index (χ4v) is 2.37. The molecule has 0 unspecified atom stereocenters. The van der Waals surface area contributed by atoms with E-state index in [4.69, 9.17) is 0 Å². The monoisotopic (exact) mass is 281 g/mol. The minimum absolute atomic E-state index is 0.0620. The zero-order chi connectivity index (χ0) is 14.7. The van der Waals surface area contributed by atoms with Crippen LogP contribution >= 0.6 is 0 Å². The predicted octanol–water partition coefficient (Wildman–Crippen LogP) is 1.60. The van der Waals surface area contributed by atoms with Crippen LogP contribution in [0.15, 0.2) is 48.8 Å². The van der Waals surface area contributed by atoms with E-state index < -0.39 is 0 Å². The highest BCUT2D eigenvalue weighted by Crippen LogP contribution is 2.20. The van der Waals surface area contributed by atoms with Crippen LogP contribution in [0.1, 0.15) is 11.1 Å². The Balaban J connectivity index is 1.79. The minimum Gasteiger partial charge on any atom is -0.329 e. The van der Waals surface area contributed by atoms with Crippen molar-refractivity contribution in [3.05, 3.63) is 59.9 Å². The van der Waals surface area contributed by atoms with Gasteiger partial charge in [0.1, 0.15) is 6.54 Å². The topological polar surface area (TPSA) is 62.3 Å². The van der Waals surface area contributed by atoms with Crippen LogP contribution in [-0.2, 0) is 22.6 Å². The first-order valence-corrected chi connectivity index (χ1v) is 6.77. The summed E-state index contributed by atoms with van der Waals surface area (Å²) in [5, 5.41) is 2.83. The maximum absolute atomic E-state index is 12.4. The molecule has 0 bridgehead atoms. The van der Waals surface area contributed by atoms with Crippen molar-refractivity contribution in [3.8, 4) is 0 Å². The molecular formula is C16H15N3O2. The standard InChI is InChI=1S/C16H15N3O2/c20-15-11-19(10-13-3-1-2-4-14(13)18-15)16(21)9-12-5-7-17-8-6-12/h1-8H,9-11H2,(H,18,20). The maximum atomic E-state index is 12.4. The second-order valence-electron chi connectivity index (χ2n) is 4.99. The molecular weight excluding hydrogens is 266 g/mol. The van der Waals surface area contributed by atoms with Gasteiger partial charge >= 0.3 is 0 Å². The van der Waals surface area contributed by atoms with Gasteiger partial charge in [0, 0.05) is 24.6 Å². The molecule has 1 aliphatic rings. The number of rotatable bonds is 2. The van der Waals surface area contributed by atoms with Crippen molar-refractivity contribution in [1.82, 2.24) is 9.88 Å². The van der Waals surface area contributed by atoms with Gasteiger partial charge in [-0.1, -0.05) is 18.2 Å². The first-order chi connectivity index (χ1) is 10.2. The molecule has 1 N–H and O–H groups in total. The second-order valence-corrected chi connectivity index (χ2v) is 4.99. The average molecular weight is 281 g/mol. The number of amides is 2. The van der Waals surface area contributed by atoms with Gasteiger partial charge in [-0.2, -0.15) is 0 Å². The second kappa shape index (κ2) is 5.75. The lowest BCUT2D eigenvalue weighted by Crippen LogP contribution is -2.36. The number of aromatic nitrogens is 1. The molecule has 0 atom stereocenters. The molecule has 1 aromatic carbocycles. The fourth-order valence-electron chi connectivity index (χ4n) is 2.37. The molecule has 106 valence electrons. The number of fused-ring (bicyclic) bond motifs is 1. The lowest BCUT2D eigenvalue weighted by molar-refractivity contribution is -0.134. The van der Waals surface area contributed by atoms with Gasteiger partial charge in [0.15, 0.2) is 0 Å². The number of nitrogens with zero attached hydrogens (tertiary/aromatic N) is 2. The van der Waals surface area contributed by atoms with Crippen LogP contribution in [0.2, 0.25) is 0 Å². The van der Waals surface area contributed by atoms with E-state index in [0.29, 0.717) is 6.54 Å². The third kappa shape index (κ3) is 3.08. The van der Waals surface area contributed by atoms with E-state index in [1.165, 1.54) is 0 Å². The summed E-state index contributed by atoms with van der Waals surface area (Å²) in [5.41, 5.74) is 2.63. The Labute approximate surface area is 122 Å². The van der Waals surface area contributed by atoms with Gasteiger partial charge in [0.05, 0.1) is 6.42 Å². The highest BCUT2D eigenvalue weighted by atomic mass is 16.2. The average Bonchev–Trinajstić information content (AvgIpc) is 2.66. The number of nitrogens with one attached hydrogen (secondary N) is 1. The van der Waals surface area contributed by atoms with E-state index >= 15 is 0 Å². The van der Waals surface area contributed by atoms with Crippen LogP contribution in [0.3, 0.4) is 0 Å². The van der Waals surface area contributed by atoms with Crippen molar-refractivity contribution in [1.29, 1.82) is 0 Å². The minimum atomic E-state index is -0.164. The van der Waals surface area contributed by atoms with Crippen LogP contribution in [0.5, 0.6) is 0 Å². The van der Waals surface area contributed by atoms with E-state index in [0.717, 1.165) is 16.8 Å². The van der Waals surface area contributed by atoms with E-state index in [1.807, 2.05) is 36.4 Å². The number of hydrogen-bond acceptors (Lipinski definition) is 3. The van der Waals surface area contributed by atoms with Gasteiger partial charge in [-0.15, -0.1) is 0 Å². The summed E-state index contributed by atoms with van der Waals surface area (Å²) in [6, 6.07) is 11.2. The van der Waals surface area contributed by atoms with E-state index in [-0.39, 0.29) is 24.8 Å². The number of hydrogen-bond donors (Lipinski definition) is 1. The fraction of sp³-hybridized carbons (Fsp3) is 0.188. The maximum Gasteiger partial charge on any atom is 0.244 e. The molecule has 5 heteroatoms. The van der Waals surface area contributed by atoms with Gasteiger partial charge < -0.3 is 10.2 Å². The summed E-state index contributed by atoms with van der Waals surface area (Å²) < 4.78 is 0. The van der Waals surface area contributed by atoms with Crippen molar-refractivity contribution < 1.29 is 9.59 Å². The van der Waals surface area contributed by atoms with Crippen molar-refractivity contribution in [2.75, 3.05) is 11.9 Å². The molecule has 3 rings (SSSR count). The lowest BCUT2D eigenvalue weighted by Gasteiger charge is -2.19. The number of para-hydroxylation sites is 1. The molecule has 2 heterocycles. The third-order valence-corrected chi connectivity index (χ3v) is 3.44. The molecule has 21 heavy (non-hydrogen) atoms. The van der Waals surface area contributed by atoms with Gasteiger partial charge in [-0.05, 0) is 29.3 Å². The van der Waals surface area contributed by atoms with E-state index in [9.17, 15) is 9.59 Å². The highest BCUT2D eigenvalue weighted by molar-refractivity contribution is 5.96. The summed E-state index contributed by atoms with van der Waals surface area (Å²) >= 11 is 0. The van der Waals surface area contributed by atoms with E-state index in [1.54, 1.807) is 17.3 Å². The van der Waals surface area contributed by atoms with Crippen LogP contribution in [-0.4, -0.2) is 28.2 Å². The molecule has 5 nitrogen and oxygen atoms in total. The molecule has 0 radical (unpaired) electrons. The number of pyridine rings is 1. The Morgan fingerprint density at radius 1 is 1.14 bits per heavy atom. The molecule has 2 amide bonds. The molecule has 1 aromatic heterocycles. The number of carbonyl (C=O) groups excluding carboxylic acids is 2. The van der Waals surface area contributed by atoms with Crippen LogP contribution < -0.4 is 5.32 Å². The first-order valence-electron chi connectivity index (χ1n) is 6.77. The zero-order valence-electron chi connectivity index (χ0n) is 11.5. The molecule has 0 spiro atoms. The molecule has 1 aliphatic heterocycles. The van der Waals surface area contributed by atoms with Gasteiger partial charge in [0.25, 0.3) is 0 Å². The molecule has 0 saturated carbocycles. The normalized spacial score (nSPS) is 14.1. The van der Waals surface area contributed by atoms with Crippen molar-refractivity contribution in [3.63, 3.8) is 0 Å².